The minimum Gasteiger partial charge on any atom is -0.456 e. The molecule has 0 atom stereocenters. The maximum Gasteiger partial charge on any atom is 0.135 e. The van der Waals surface area contributed by atoms with E-state index in [0.717, 1.165) is 39.0 Å². The molecule has 0 radical (unpaired) electrons. The molecule has 0 aliphatic heterocycles. The third-order valence-electron chi connectivity index (χ3n) is 10.5. The van der Waals surface area contributed by atoms with Crippen molar-refractivity contribution in [2.24, 2.45) is 0 Å². The molecule has 0 aliphatic rings. The number of hydrogen-bond acceptors (Lipinski definition) is 2. The van der Waals surface area contributed by atoms with Gasteiger partial charge in [-0.15, -0.1) is 0 Å². The standard InChI is InChI=1S/C50H35NO/c1-32-11-9-15-39(27-32)51(40-16-10-12-33(2)28-40)38-24-21-34(22-25-38)49-42-18-5-6-19-43(42)50(46-30-36-14-4-3-13-35(36)29-45(46)49)37-23-26-48-44(31-37)41-17-7-8-20-47(41)52-48/h3-31H,1-2H3. The molecular weight excluding hydrogens is 631 g/mol. The Bertz CT molecular complexity index is 2940. The Kier molecular flexibility index (Phi) is 6.97. The van der Waals surface area contributed by atoms with E-state index >= 15 is 0 Å². The summed E-state index contributed by atoms with van der Waals surface area (Å²) in [5.74, 6) is 0. The molecule has 0 saturated heterocycles. The molecule has 0 spiro atoms. The second-order valence-corrected chi connectivity index (χ2v) is 13.9. The van der Waals surface area contributed by atoms with Gasteiger partial charge in [0.15, 0.2) is 0 Å². The number of aryl methyl sites for hydroxylation is 2. The summed E-state index contributed by atoms with van der Waals surface area (Å²) in [7, 11) is 0. The zero-order chi connectivity index (χ0) is 34.8. The summed E-state index contributed by atoms with van der Waals surface area (Å²) in [4.78, 5) is 2.35. The molecule has 0 N–H and O–H groups in total. The van der Waals surface area contributed by atoms with Crippen LogP contribution in [0.2, 0.25) is 0 Å². The Hall–Kier alpha value is -6.64. The average molecular weight is 666 g/mol. The number of furan rings is 1. The second kappa shape index (κ2) is 12.0. The van der Waals surface area contributed by atoms with Gasteiger partial charge in [0.25, 0.3) is 0 Å². The molecule has 10 aromatic rings. The highest BCUT2D eigenvalue weighted by molar-refractivity contribution is 6.24. The number of anilines is 3. The van der Waals surface area contributed by atoms with Crippen molar-refractivity contribution in [1.29, 1.82) is 0 Å². The fourth-order valence-electron chi connectivity index (χ4n) is 8.13. The molecule has 0 fully saturated rings. The Morgan fingerprint density at radius 3 is 1.48 bits per heavy atom. The lowest BCUT2D eigenvalue weighted by atomic mass is 9.84. The van der Waals surface area contributed by atoms with Crippen LogP contribution in [0.25, 0.3) is 76.5 Å². The molecule has 0 bridgehead atoms. The number of hydrogen-bond donors (Lipinski definition) is 0. The summed E-state index contributed by atoms with van der Waals surface area (Å²) in [6.45, 7) is 4.31. The molecule has 246 valence electrons. The lowest BCUT2D eigenvalue weighted by molar-refractivity contribution is 0.669. The van der Waals surface area contributed by atoms with Gasteiger partial charge in [-0.05, 0) is 146 Å². The molecule has 10 rings (SSSR count). The van der Waals surface area contributed by atoms with E-state index in [9.17, 15) is 0 Å². The predicted octanol–water partition coefficient (Wildman–Crippen LogP) is 14.5. The van der Waals surface area contributed by atoms with Crippen LogP contribution in [0.3, 0.4) is 0 Å². The van der Waals surface area contributed by atoms with Crippen LogP contribution in [0.15, 0.2) is 180 Å². The number of benzene rings is 9. The quantitative estimate of drug-likeness (QED) is 0.170. The van der Waals surface area contributed by atoms with Crippen molar-refractivity contribution in [1.82, 2.24) is 0 Å². The van der Waals surface area contributed by atoms with Crippen LogP contribution in [0.5, 0.6) is 0 Å². The van der Waals surface area contributed by atoms with Gasteiger partial charge in [0.1, 0.15) is 11.2 Å². The van der Waals surface area contributed by atoms with Gasteiger partial charge in [-0.3, -0.25) is 0 Å². The third kappa shape index (κ3) is 4.95. The van der Waals surface area contributed by atoms with Gasteiger partial charge in [-0.1, -0.05) is 109 Å². The predicted molar refractivity (Wildman–Crippen MR) is 221 cm³/mol. The Balaban J connectivity index is 1.22. The third-order valence-corrected chi connectivity index (χ3v) is 10.5. The van der Waals surface area contributed by atoms with Gasteiger partial charge in [-0.25, -0.2) is 0 Å². The average Bonchev–Trinajstić information content (AvgIpc) is 3.55. The first-order valence-corrected chi connectivity index (χ1v) is 17.9. The van der Waals surface area contributed by atoms with E-state index in [4.69, 9.17) is 4.42 Å². The summed E-state index contributed by atoms with van der Waals surface area (Å²) < 4.78 is 6.24. The van der Waals surface area contributed by atoms with Crippen molar-refractivity contribution < 1.29 is 4.42 Å². The van der Waals surface area contributed by atoms with Crippen LogP contribution in [0, 0.1) is 13.8 Å². The molecule has 52 heavy (non-hydrogen) atoms. The number of fused-ring (bicyclic) bond motifs is 6. The highest BCUT2D eigenvalue weighted by atomic mass is 16.3. The van der Waals surface area contributed by atoms with Gasteiger partial charge in [-0.2, -0.15) is 0 Å². The fourth-order valence-corrected chi connectivity index (χ4v) is 8.13. The summed E-state index contributed by atoms with van der Waals surface area (Å²) in [5, 5.41) is 9.69. The minimum absolute atomic E-state index is 0.908. The summed E-state index contributed by atoms with van der Waals surface area (Å²) in [6.07, 6.45) is 0. The van der Waals surface area contributed by atoms with Crippen molar-refractivity contribution >= 4 is 71.3 Å². The Morgan fingerprint density at radius 1 is 0.346 bits per heavy atom. The van der Waals surface area contributed by atoms with Gasteiger partial charge >= 0.3 is 0 Å². The van der Waals surface area contributed by atoms with Gasteiger partial charge < -0.3 is 9.32 Å². The summed E-state index contributed by atoms with van der Waals surface area (Å²) >= 11 is 0. The van der Waals surface area contributed by atoms with Crippen LogP contribution >= 0.6 is 0 Å². The molecule has 1 heterocycles. The Labute approximate surface area is 302 Å². The van der Waals surface area contributed by atoms with Gasteiger partial charge in [0.05, 0.1) is 0 Å². The first-order chi connectivity index (χ1) is 25.6. The van der Waals surface area contributed by atoms with Crippen LogP contribution < -0.4 is 4.90 Å². The zero-order valence-electron chi connectivity index (χ0n) is 29.1. The van der Waals surface area contributed by atoms with E-state index in [2.05, 4.69) is 183 Å². The van der Waals surface area contributed by atoms with E-state index in [0.29, 0.717) is 0 Å². The van der Waals surface area contributed by atoms with Crippen molar-refractivity contribution in [2.45, 2.75) is 13.8 Å². The SMILES string of the molecule is Cc1cccc(N(c2ccc(-c3c4ccccc4c(-c4ccc5oc6ccccc6c5c4)c4cc5ccccc5cc34)cc2)c2cccc(C)c2)c1. The smallest absolute Gasteiger partial charge is 0.135 e. The molecule has 0 unspecified atom stereocenters. The molecule has 2 nitrogen and oxygen atoms in total. The maximum absolute atomic E-state index is 6.24. The molecule has 0 aliphatic carbocycles. The fraction of sp³-hybridized carbons (Fsp3) is 0.0400. The number of para-hydroxylation sites is 1. The lowest BCUT2D eigenvalue weighted by Crippen LogP contribution is -2.10. The van der Waals surface area contributed by atoms with E-state index in [1.54, 1.807) is 0 Å². The molecule has 0 amide bonds. The van der Waals surface area contributed by atoms with Crippen LogP contribution in [0.1, 0.15) is 11.1 Å². The van der Waals surface area contributed by atoms with E-state index in [1.807, 2.05) is 12.1 Å². The van der Waals surface area contributed by atoms with Crippen molar-refractivity contribution in [2.75, 3.05) is 4.90 Å². The van der Waals surface area contributed by atoms with E-state index in [1.165, 1.54) is 65.7 Å². The maximum atomic E-state index is 6.24. The summed E-state index contributed by atoms with van der Waals surface area (Å²) in [5.41, 5.74) is 12.6. The molecule has 9 aromatic carbocycles. The van der Waals surface area contributed by atoms with Crippen molar-refractivity contribution in [3.8, 4) is 22.3 Å². The zero-order valence-corrected chi connectivity index (χ0v) is 29.1. The van der Waals surface area contributed by atoms with E-state index in [-0.39, 0.29) is 0 Å². The van der Waals surface area contributed by atoms with Gasteiger partial charge in [0.2, 0.25) is 0 Å². The number of nitrogens with zero attached hydrogens (tertiary/aromatic N) is 1. The highest BCUT2D eigenvalue weighted by Crippen LogP contribution is 2.46. The second-order valence-electron chi connectivity index (χ2n) is 13.9. The van der Waals surface area contributed by atoms with Crippen molar-refractivity contribution in [3.63, 3.8) is 0 Å². The highest BCUT2D eigenvalue weighted by Gasteiger charge is 2.20. The van der Waals surface area contributed by atoms with Gasteiger partial charge in [0, 0.05) is 27.8 Å². The van der Waals surface area contributed by atoms with Crippen molar-refractivity contribution in [3.05, 3.63) is 187 Å². The number of rotatable bonds is 5. The molecular formula is C50H35NO. The molecule has 1 aromatic heterocycles. The lowest BCUT2D eigenvalue weighted by Gasteiger charge is -2.26. The normalized spacial score (nSPS) is 11.7. The Morgan fingerprint density at radius 2 is 0.865 bits per heavy atom. The van der Waals surface area contributed by atoms with Crippen LogP contribution in [-0.4, -0.2) is 0 Å². The van der Waals surface area contributed by atoms with E-state index < -0.39 is 0 Å². The monoisotopic (exact) mass is 665 g/mol. The first-order valence-electron chi connectivity index (χ1n) is 17.9. The first kappa shape index (κ1) is 30.2. The topological polar surface area (TPSA) is 16.4 Å². The van der Waals surface area contributed by atoms with Crippen LogP contribution in [-0.2, 0) is 0 Å². The largest absolute Gasteiger partial charge is 0.456 e. The van der Waals surface area contributed by atoms with Crippen LogP contribution in [0.4, 0.5) is 17.1 Å². The summed E-state index contributed by atoms with van der Waals surface area (Å²) in [6, 6.07) is 64.0. The minimum atomic E-state index is 0.908. The molecule has 0 saturated carbocycles. The molecule has 2 heteroatoms.